The van der Waals surface area contributed by atoms with Crippen LogP contribution in [-0.4, -0.2) is 41.3 Å². The monoisotopic (exact) mass is 384 g/mol. The Morgan fingerprint density at radius 3 is 2.59 bits per heavy atom. The van der Waals surface area contributed by atoms with Gasteiger partial charge in [-0.3, -0.25) is 14.4 Å². The highest BCUT2D eigenvalue weighted by Crippen LogP contribution is 2.20. The predicted octanol–water partition coefficient (Wildman–Crippen LogP) is 2.12. The number of rotatable bonds is 6. The third-order valence-corrected chi connectivity index (χ3v) is 5.71. The SMILES string of the molecule is O=S(=O)(Nc1cncc(N2CCCC2)n1)c1cnn(Cc2ccccc2)c1. The molecule has 0 atom stereocenters. The fourth-order valence-corrected chi connectivity index (χ4v) is 3.98. The highest BCUT2D eigenvalue weighted by molar-refractivity contribution is 7.92. The lowest BCUT2D eigenvalue weighted by Gasteiger charge is -2.16. The molecule has 1 aliphatic heterocycles. The first-order chi connectivity index (χ1) is 13.1. The van der Waals surface area contributed by atoms with Crippen molar-refractivity contribution in [3.63, 3.8) is 0 Å². The maximum atomic E-state index is 12.7. The largest absolute Gasteiger partial charge is 0.355 e. The molecule has 8 nitrogen and oxygen atoms in total. The smallest absolute Gasteiger partial charge is 0.266 e. The van der Waals surface area contributed by atoms with Gasteiger partial charge >= 0.3 is 0 Å². The molecule has 2 aromatic heterocycles. The van der Waals surface area contributed by atoms with Crippen LogP contribution in [0.5, 0.6) is 0 Å². The summed E-state index contributed by atoms with van der Waals surface area (Å²) in [7, 11) is -3.78. The summed E-state index contributed by atoms with van der Waals surface area (Å²) >= 11 is 0. The molecule has 27 heavy (non-hydrogen) atoms. The van der Waals surface area contributed by atoms with Gasteiger partial charge in [-0.1, -0.05) is 30.3 Å². The summed E-state index contributed by atoms with van der Waals surface area (Å²) in [5.41, 5.74) is 1.04. The number of nitrogens with zero attached hydrogens (tertiary/aromatic N) is 5. The number of aromatic nitrogens is 4. The number of hydrogen-bond donors (Lipinski definition) is 1. The standard InChI is InChI=1S/C18H20N6O2S/c25-27(26,16-10-20-24(14-16)13-15-6-2-1-3-7-15)22-17-11-19-12-18(21-17)23-8-4-5-9-23/h1-3,6-7,10-12,14H,4-5,8-9,13H2,(H,21,22). The van der Waals surface area contributed by atoms with E-state index in [2.05, 4.69) is 24.7 Å². The van der Waals surface area contributed by atoms with Crippen LogP contribution in [0.1, 0.15) is 18.4 Å². The van der Waals surface area contributed by atoms with Crippen molar-refractivity contribution in [2.24, 2.45) is 0 Å². The molecule has 0 spiro atoms. The van der Waals surface area contributed by atoms with Gasteiger partial charge in [0.1, 0.15) is 10.7 Å². The zero-order valence-electron chi connectivity index (χ0n) is 14.7. The summed E-state index contributed by atoms with van der Waals surface area (Å²) in [6.07, 6.45) is 8.12. The van der Waals surface area contributed by atoms with Crippen molar-refractivity contribution in [1.29, 1.82) is 0 Å². The van der Waals surface area contributed by atoms with Crippen LogP contribution in [0.4, 0.5) is 11.6 Å². The van der Waals surface area contributed by atoms with Gasteiger partial charge in [0.05, 0.1) is 25.1 Å². The van der Waals surface area contributed by atoms with Gasteiger partial charge in [0.2, 0.25) is 0 Å². The second-order valence-corrected chi connectivity index (χ2v) is 8.10. The molecule has 1 aliphatic rings. The molecule has 0 radical (unpaired) electrons. The van der Waals surface area contributed by atoms with Crippen molar-refractivity contribution in [3.05, 3.63) is 60.7 Å². The van der Waals surface area contributed by atoms with Crippen LogP contribution in [-0.2, 0) is 16.6 Å². The Bertz CT molecular complexity index is 1010. The molecule has 1 aromatic carbocycles. The summed E-state index contributed by atoms with van der Waals surface area (Å²) in [5.74, 6) is 0.891. The second kappa shape index (κ2) is 7.36. The zero-order chi connectivity index (χ0) is 18.7. The normalized spacial score (nSPS) is 14.4. The van der Waals surface area contributed by atoms with E-state index in [1.54, 1.807) is 10.9 Å². The van der Waals surface area contributed by atoms with Crippen molar-refractivity contribution in [3.8, 4) is 0 Å². The van der Waals surface area contributed by atoms with Gasteiger partial charge in [0.15, 0.2) is 5.82 Å². The zero-order valence-corrected chi connectivity index (χ0v) is 15.5. The van der Waals surface area contributed by atoms with Gasteiger partial charge in [0.25, 0.3) is 10.0 Å². The first-order valence-electron chi connectivity index (χ1n) is 8.76. The topological polar surface area (TPSA) is 93.0 Å². The molecule has 1 N–H and O–H groups in total. The third kappa shape index (κ3) is 4.08. The Balaban J connectivity index is 1.50. The molecular formula is C18H20N6O2S. The van der Waals surface area contributed by atoms with E-state index in [1.807, 2.05) is 30.3 Å². The summed E-state index contributed by atoms with van der Waals surface area (Å²) in [5, 5.41) is 4.15. The Hall–Kier alpha value is -2.94. The van der Waals surface area contributed by atoms with Crippen molar-refractivity contribution in [1.82, 2.24) is 19.7 Å². The molecule has 4 rings (SSSR count). The van der Waals surface area contributed by atoms with Crippen molar-refractivity contribution >= 4 is 21.7 Å². The Morgan fingerprint density at radius 1 is 1.04 bits per heavy atom. The van der Waals surface area contributed by atoms with E-state index in [1.165, 1.54) is 18.6 Å². The van der Waals surface area contributed by atoms with Crippen LogP contribution in [0.3, 0.4) is 0 Å². The number of sulfonamides is 1. The second-order valence-electron chi connectivity index (χ2n) is 6.42. The lowest BCUT2D eigenvalue weighted by molar-refractivity contribution is 0.600. The van der Waals surface area contributed by atoms with E-state index < -0.39 is 10.0 Å². The third-order valence-electron chi connectivity index (χ3n) is 4.40. The Morgan fingerprint density at radius 2 is 1.81 bits per heavy atom. The molecule has 3 heterocycles. The minimum Gasteiger partial charge on any atom is -0.355 e. The van der Waals surface area contributed by atoms with Gasteiger partial charge in [-0.05, 0) is 18.4 Å². The quantitative estimate of drug-likeness (QED) is 0.700. The van der Waals surface area contributed by atoms with Crippen LogP contribution in [0.2, 0.25) is 0 Å². The molecule has 0 aliphatic carbocycles. The minimum atomic E-state index is -3.78. The lowest BCUT2D eigenvalue weighted by Crippen LogP contribution is -2.20. The van der Waals surface area contributed by atoms with Gasteiger partial charge in [-0.2, -0.15) is 5.10 Å². The van der Waals surface area contributed by atoms with Crippen molar-refractivity contribution in [2.45, 2.75) is 24.3 Å². The lowest BCUT2D eigenvalue weighted by atomic mass is 10.2. The number of nitrogens with one attached hydrogen (secondary N) is 1. The van der Waals surface area contributed by atoms with Gasteiger partial charge in [-0.25, -0.2) is 13.4 Å². The molecule has 1 fully saturated rings. The molecule has 0 saturated carbocycles. The van der Waals surface area contributed by atoms with E-state index in [9.17, 15) is 8.42 Å². The summed E-state index contributed by atoms with van der Waals surface area (Å²) in [6.45, 7) is 2.33. The van der Waals surface area contributed by atoms with Gasteiger partial charge in [-0.15, -0.1) is 0 Å². The van der Waals surface area contributed by atoms with Crippen LogP contribution in [0, 0.1) is 0 Å². The molecule has 0 unspecified atom stereocenters. The van der Waals surface area contributed by atoms with E-state index in [4.69, 9.17) is 0 Å². The summed E-state index contributed by atoms with van der Waals surface area (Å²) < 4.78 is 29.4. The molecule has 0 amide bonds. The van der Waals surface area contributed by atoms with E-state index in [0.29, 0.717) is 12.4 Å². The number of anilines is 2. The average molecular weight is 384 g/mol. The van der Waals surface area contributed by atoms with Crippen LogP contribution in [0.15, 0.2) is 60.0 Å². The van der Waals surface area contributed by atoms with Gasteiger partial charge in [0, 0.05) is 19.3 Å². The first-order valence-corrected chi connectivity index (χ1v) is 10.2. The molecule has 1 saturated heterocycles. The van der Waals surface area contributed by atoms with Crippen LogP contribution >= 0.6 is 0 Å². The molecule has 3 aromatic rings. The van der Waals surface area contributed by atoms with Gasteiger partial charge < -0.3 is 4.90 Å². The molecular weight excluding hydrogens is 364 g/mol. The Kier molecular flexibility index (Phi) is 4.76. The van der Waals surface area contributed by atoms with Crippen molar-refractivity contribution < 1.29 is 8.42 Å². The van der Waals surface area contributed by atoms with Crippen LogP contribution < -0.4 is 9.62 Å². The van der Waals surface area contributed by atoms with Crippen LogP contribution in [0.25, 0.3) is 0 Å². The fourth-order valence-electron chi connectivity index (χ4n) is 3.04. The summed E-state index contributed by atoms with van der Waals surface area (Å²) in [6, 6.07) is 9.74. The van der Waals surface area contributed by atoms with E-state index in [-0.39, 0.29) is 10.7 Å². The maximum absolute atomic E-state index is 12.7. The van der Waals surface area contributed by atoms with Crippen molar-refractivity contribution in [2.75, 3.05) is 22.7 Å². The Labute approximate surface area is 157 Å². The van der Waals surface area contributed by atoms with E-state index >= 15 is 0 Å². The summed E-state index contributed by atoms with van der Waals surface area (Å²) in [4.78, 5) is 10.7. The highest BCUT2D eigenvalue weighted by atomic mass is 32.2. The van der Waals surface area contributed by atoms with E-state index in [0.717, 1.165) is 31.5 Å². The molecule has 140 valence electrons. The fraction of sp³-hybridized carbons (Fsp3) is 0.278. The molecule has 9 heteroatoms. The maximum Gasteiger partial charge on any atom is 0.266 e. The number of hydrogen-bond acceptors (Lipinski definition) is 6. The predicted molar refractivity (Wildman–Crippen MR) is 102 cm³/mol. The molecule has 0 bridgehead atoms. The average Bonchev–Trinajstić information content (AvgIpc) is 3.35. The highest BCUT2D eigenvalue weighted by Gasteiger charge is 2.19. The number of benzene rings is 1. The first kappa shape index (κ1) is 17.5. The minimum absolute atomic E-state index is 0.0896.